The average Bonchev–Trinajstić information content (AvgIpc) is 2.83. The molecule has 0 bridgehead atoms. The van der Waals surface area contributed by atoms with Gasteiger partial charge in [-0.3, -0.25) is 9.40 Å². The second-order valence-electron chi connectivity index (χ2n) is 4.29. The van der Waals surface area contributed by atoms with Gasteiger partial charge in [0, 0.05) is 17.2 Å². The van der Waals surface area contributed by atoms with E-state index in [9.17, 15) is 8.42 Å². The first-order chi connectivity index (χ1) is 9.42. The van der Waals surface area contributed by atoms with Crippen LogP contribution in [0.1, 0.15) is 5.56 Å². The number of nitrogens with two attached hydrogens (primary N) is 1. The zero-order valence-electron chi connectivity index (χ0n) is 10.9. The normalized spacial score (nSPS) is 11.6. The monoisotopic (exact) mass is 358 g/mol. The van der Waals surface area contributed by atoms with Gasteiger partial charge in [-0.25, -0.2) is 8.42 Å². The molecule has 0 aliphatic rings. The Hall–Kier alpha value is -1.38. The van der Waals surface area contributed by atoms with Crippen molar-refractivity contribution in [2.75, 3.05) is 11.3 Å². The van der Waals surface area contributed by atoms with Gasteiger partial charge in [-0.2, -0.15) is 5.10 Å². The zero-order valence-corrected chi connectivity index (χ0v) is 13.3. The second-order valence-corrected chi connectivity index (χ2v) is 6.89. The van der Waals surface area contributed by atoms with Crippen LogP contribution in [0, 0.1) is 6.92 Å². The van der Waals surface area contributed by atoms with Gasteiger partial charge in [0.1, 0.15) is 4.90 Å². The van der Waals surface area contributed by atoms with E-state index in [2.05, 4.69) is 25.8 Å². The van der Waals surface area contributed by atoms with E-state index in [0.717, 1.165) is 10.0 Å². The fourth-order valence-corrected chi connectivity index (χ4v) is 3.24. The molecule has 0 saturated carbocycles. The van der Waals surface area contributed by atoms with Crippen LogP contribution >= 0.6 is 15.9 Å². The molecule has 2 aromatic rings. The molecule has 20 heavy (non-hydrogen) atoms. The van der Waals surface area contributed by atoms with Crippen molar-refractivity contribution >= 4 is 31.6 Å². The first-order valence-corrected chi connectivity index (χ1v) is 8.21. The highest BCUT2D eigenvalue weighted by Gasteiger charge is 2.17. The Morgan fingerprint density at radius 2 is 2.20 bits per heavy atom. The number of sulfonamides is 1. The van der Waals surface area contributed by atoms with Crippen molar-refractivity contribution in [3.8, 4) is 0 Å². The largest absolute Gasteiger partial charge is 0.329 e. The lowest BCUT2D eigenvalue weighted by Gasteiger charge is -2.09. The van der Waals surface area contributed by atoms with Crippen LogP contribution in [0.15, 0.2) is 40.0 Å². The molecule has 108 valence electrons. The number of hydrogen-bond donors (Lipinski definition) is 2. The molecule has 3 N–H and O–H groups in total. The first kappa shape index (κ1) is 15.0. The summed E-state index contributed by atoms with van der Waals surface area (Å²) in [5.41, 5.74) is 6.78. The van der Waals surface area contributed by atoms with Gasteiger partial charge < -0.3 is 5.73 Å². The van der Waals surface area contributed by atoms with Crippen LogP contribution in [0.2, 0.25) is 0 Å². The predicted molar refractivity (Wildman–Crippen MR) is 81.0 cm³/mol. The van der Waals surface area contributed by atoms with Crippen molar-refractivity contribution in [1.82, 2.24) is 9.78 Å². The highest BCUT2D eigenvalue weighted by atomic mass is 79.9. The van der Waals surface area contributed by atoms with E-state index < -0.39 is 10.0 Å². The Morgan fingerprint density at radius 1 is 1.45 bits per heavy atom. The van der Waals surface area contributed by atoms with Gasteiger partial charge in [-0.05, 0) is 30.7 Å². The average molecular weight is 359 g/mol. The second kappa shape index (κ2) is 5.94. The number of rotatable bonds is 5. The molecule has 0 aliphatic carbocycles. The van der Waals surface area contributed by atoms with E-state index in [0.29, 0.717) is 18.8 Å². The Labute approximate surface area is 126 Å². The summed E-state index contributed by atoms with van der Waals surface area (Å²) in [6, 6.07) is 5.33. The van der Waals surface area contributed by atoms with E-state index in [-0.39, 0.29) is 4.90 Å². The van der Waals surface area contributed by atoms with Crippen LogP contribution in [0.25, 0.3) is 0 Å². The molecule has 0 fully saturated rings. The number of benzene rings is 1. The van der Waals surface area contributed by atoms with E-state index in [1.54, 1.807) is 12.1 Å². The molecule has 1 aromatic carbocycles. The van der Waals surface area contributed by atoms with Gasteiger partial charge in [-0.1, -0.05) is 15.9 Å². The highest BCUT2D eigenvalue weighted by Crippen LogP contribution is 2.22. The lowest BCUT2D eigenvalue weighted by atomic mass is 10.2. The minimum atomic E-state index is -3.64. The Kier molecular flexibility index (Phi) is 4.46. The minimum Gasteiger partial charge on any atom is -0.329 e. The van der Waals surface area contributed by atoms with Crippen LogP contribution in [-0.4, -0.2) is 24.7 Å². The smallest absolute Gasteiger partial charge is 0.265 e. The lowest BCUT2D eigenvalue weighted by Crippen LogP contribution is -2.13. The summed E-state index contributed by atoms with van der Waals surface area (Å²) in [5, 5.41) is 3.96. The summed E-state index contributed by atoms with van der Waals surface area (Å²) in [6.45, 7) is 2.72. The molecular weight excluding hydrogens is 344 g/mol. The Morgan fingerprint density at radius 3 is 2.85 bits per heavy atom. The Balaban J connectivity index is 2.26. The number of anilines is 1. The van der Waals surface area contributed by atoms with Gasteiger partial charge in [0.2, 0.25) is 0 Å². The fourth-order valence-electron chi connectivity index (χ4n) is 1.68. The van der Waals surface area contributed by atoms with Crippen LogP contribution in [0.4, 0.5) is 5.69 Å². The molecular formula is C12H15BrN4O2S. The molecule has 0 spiro atoms. The van der Waals surface area contributed by atoms with Crippen LogP contribution < -0.4 is 10.5 Å². The van der Waals surface area contributed by atoms with Gasteiger partial charge in [-0.15, -0.1) is 0 Å². The van der Waals surface area contributed by atoms with Gasteiger partial charge in [0.15, 0.2) is 0 Å². The summed E-state index contributed by atoms with van der Waals surface area (Å²) in [7, 11) is -3.64. The minimum absolute atomic E-state index is 0.119. The van der Waals surface area contributed by atoms with Crippen LogP contribution in [0.5, 0.6) is 0 Å². The van der Waals surface area contributed by atoms with Gasteiger partial charge in [0.05, 0.1) is 18.4 Å². The van der Waals surface area contributed by atoms with Crippen molar-refractivity contribution in [1.29, 1.82) is 0 Å². The summed E-state index contributed by atoms with van der Waals surface area (Å²) in [5.74, 6) is 0. The maximum absolute atomic E-state index is 12.2. The molecule has 0 radical (unpaired) electrons. The molecule has 0 saturated heterocycles. The fraction of sp³-hybridized carbons (Fsp3) is 0.250. The SMILES string of the molecule is Cc1cc(Br)ccc1NS(=O)(=O)c1cnn(CCN)c1. The van der Waals surface area contributed by atoms with Crippen LogP contribution in [-0.2, 0) is 16.6 Å². The van der Waals surface area contributed by atoms with E-state index in [1.165, 1.54) is 17.1 Å². The van der Waals surface area contributed by atoms with E-state index in [4.69, 9.17) is 5.73 Å². The third kappa shape index (κ3) is 3.38. The molecule has 0 amide bonds. The number of halogens is 1. The summed E-state index contributed by atoms with van der Waals surface area (Å²) in [4.78, 5) is 0.119. The maximum atomic E-state index is 12.2. The first-order valence-electron chi connectivity index (χ1n) is 5.94. The molecule has 0 unspecified atom stereocenters. The Bertz CT molecular complexity index is 712. The lowest BCUT2D eigenvalue weighted by molar-refractivity contribution is 0.599. The number of aryl methyl sites for hydroxylation is 1. The molecule has 1 heterocycles. The third-order valence-corrected chi connectivity index (χ3v) is 4.52. The van der Waals surface area contributed by atoms with E-state index in [1.807, 2.05) is 13.0 Å². The van der Waals surface area contributed by atoms with Crippen molar-refractivity contribution in [2.45, 2.75) is 18.4 Å². The van der Waals surface area contributed by atoms with E-state index >= 15 is 0 Å². The van der Waals surface area contributed by atoms with Crippen LogP contribution in [0.3, 0.4) is 0 Å². The number of hydrogen-bond acceptors (Lipinski definition) is 4. The summed E-state index contributed by atoms with van der Waals surface area (Å²) >= 11 is 3.34. The molecule has 1 aromatic heterocycles. The van der Waals surface area contributed by atoms with Crippen molar-refractivity contribution in [3.63, 3.8) is 0 Å². The van der Waals surface area contributed by atoms with Crippen molar-refractivity contribution in [2.24, 2.45) is 5.73 Å². The number of aromatic nitrogens is 2. The third-order valence-electron chi connectivity index (χ3n) is 2.71. The van der Waals surface area contributed by atoms with Crippen molar-refractivity contribution in [3.05, 3.63) is 40.6 Å². The number of nitrogens with zero attached hydrogens (tertiary/aromatic N) is 2. The predicted octanol–water partition coefficient (Wildman–Crippen LogP) is 1.71. The number of nitrogens with one attached hydrogen (secondary N) is 1. The summed E-state index contributed by atoms with van der Waals surface area (Å²) < 4.78 is 29.5. The molecule has 0 atom stereocenters. The maximum Gasteiger partial charge on any atom is 0.265 e. The molecule has 0 aliphatic heterocycles. The highest BCUT2D eigenvalue weighted by molar-refractivity contribution is 9.10. The zero-order chi connectivity index (χ0) is 14.8. The standard InChI is InChI=1S/C12H15BrN4O2S/c1-9-6-10(13)2-3-12(9)16-20(18,19)11-7-15-17(8-11)5-4-14/h2-3,6-8,16H,4-5,14H2,1H3. The van der Waals surface area contributed by atoms with Gasteiger partial charge >= 0.3 is 0 Å². The molecule has 2 rings (SSSR count). The molecule has 6 nitrogen and oxygen atoms in total. The topological polar surface area (TPSA) is 90.0 Å². The van der Waals surface area contributed by atoms with Crippen molar-refractivity contribution < 1.29 is 8.42 Å². The quantitative estimate of drug-likeness (QED) is 0.851. The molecule has 8 heteroatoms. The summed E-state index contributed by atoms with van der Waals surface area (Å²) in [6.07, 6.45) is 2.77. The van der Waals surface area contributed by atoms with Gasteiger partial charge in [0.25, 0.3) is 10.0 Å².